The van der Waals surface area contributed by atoms with Crippen LogP contribution in [-0.4, -0.2) is 12.5 Å². The van der Waals surface area contributed by atoms with Gasteiger partial charge in [0, 0.05) is 6.54 Å². The lowest BCUT2D eigenvalue weighted by atomic mass is 9.68. The molecule has 0 saturated heterocycles. The molecule has 0 bridgehead atoms. The van der Waals surface area contributed by atoms with Crippen LogP contribution < -0.4 is 11.1 Å². The van der Waals surface area contributed by atoms with Gasteiger partial charge in [0.2, 0.25) is 5.91 Å². The Morgan fingerprint density at radius 2 is 2.00 bits per heavy atom. The summed E-state index contributed by atoms with van der Waals surface area (Å²) in [5.41, 5.74) is 7.82. The molecule has 1 aromatic carbocycles. The van der Waals surface area contributed by atoms with E-state index in [2.05, 4.69) is 36.5 Å². The average molecular weight is 246 g/mol. The molecule has 0 unspecified atom stereocenters. The Morgan fingerprint density at radius 3 is 2.44 bits per heavy atom. The van der Waals surface area contributed by atoms with Crippen molar-refractivity contribution >= 4 is 5.91 Å². The fourth-order valence-electron chi connectivity index (χ4n) is 2.42. The lowest BCUT2D eigenvalue weighted by molar-refractivity contribution is -0.135. The van der Waals surface area contributed by atoms with Crippen LogP contribution in [0.3, 0.4) is 0 Å². The molecule has 1 aliphatic rings. The van der Waals surface area contributed by atoms with E-state index in [4.69, 9.17) is 5.73 Å². The highest BCUT2D eigenvalue weighted by molar-refractivity contribution is 5.84. The highest BCUT2D eigenvalue weighted by atomic mass is 16.2. The lowest BCUT2D eigenvalue weighted by Crippen LogP contribution is -2.50. The predicted octanol–water partition coefficient (Wildman–Crippen LogP) is 2.30. The summed E-state index contributed by atoms with van der Waals surface area (Å²) in [6.45, 7) is 4.54. The van der Waals surface area contributed by atoms with Crippen LogP contribution in [0, 0.1) is 12.3 Å². The third kappa shape index (κ3) is 2.41. The molecule has 0 radical (unpaired) electrons. The van der Waals surface area contributed by atoms with Crippen LogP contribution in [0.25, 0.3) is 0 Å². The van der Waals surface area contributed by atoms with Crippen molar-refractivity contribution in [2.75, 3.05) is 6.54 Å². The zero-order valence-corrected chi connectivity index (χ0v) is 11.2. The van der Waals surface area contributed by atoms with Crippen LogP contribution >= 0.6 is 0 Å². The second kappa shape index (κ2) is 5.11. The van der Waals surface area contributed by atoms with E-state index < -0.39 is 0 Å². The van der Waals surface area contributed by atoms with E-state index in [1.54, 1.807) is 0 Å². The fraction of sp³-hybridized carbons (Fsp3) is 0.533. The Kier molecular flexibility index (Phi) is 3.71. The monoisotopic (exact) mass is 246 g/mol. The number of aryl methyl sites for hydroxylation is 1. The summed E-state index contributed by atoms with van der Waals surface area (Å²) in [6, 6.07) is 8.31. The number of nitrogens with two attached hydrogens (primary N) is 1. The van der Waals surface area contributed by atoms with Crippen molar-refractivity contribution in [3.63, 3.8) is 0 Å². The minimum Gasteiger partial charge on any atom is -0.349 e. The molecule has 0 aromatic heterocycles. The first-order valence-corrected chi connectivity index (χ1v) is 6.65. The smallest absolute Gasteiger partial charge is 0.227 e. The van der Waals surface area contributed by atoms with Crippen LogP contribution in [0.15, 0.2) is 24.3 Å². The van der Waals surface area contributed by atoms with Crippen LogP contribution in [0.1, 0.15) is 43.4 Å². The molecular formula is C15H22N2O. The minimum atomic E-state index is -0.293. The number of hydrogen-bond donors (Lipinski definition) is 2. The van der Waals surface area contributed by atoms with Gasteiger partial charge in [0.25, 0.3) is 0 Å². The molecule has 0 heterocycles. The number of carbonyl (C=O) groups excluding carboxylic acids is 1. The third-order valence-electron chi connectivity index (χ3n) is 4.11. The molecule has 1 amide bonds. The number of amides is 1. The molecule has 1 saturated carbocycles. The summed E-state index contributed by atoms with van der Waals surface area (Å²) >= 11 is 0. The summed E-state index contributed by atoms with van der Waals surface area (Å²) in [4.78, 5) is 12.2. The summed E-state index contributed by atoms with van der Waals surface area (Å²) in [5, 5.41) is 3.09. The molecule has 1 aromatic rings. The van der Waals surface area contributed by atoms with Gasteiger partial charge < -0.3 is 11.1 Å². The predicted molar refractivity (Wildman–Crippen MR) is 73.1 cm³/mol. The Labute approximate surface area is 109 Å². The van der Waals surface area contributed by atoms with E-state index in [0.29, 0.717) is 6.54 Å². The summed E-state index contributed by atoms with van der Waals surface area (Å²) in [7, 11) is 0. The van der Waals surface area contributed by atoms with Gasteiger partial charge in [0.15, 0.2) is 0 Å². The van der Waals surface area contributed by atoms with Crippen LogP contribution in [0.2, 0.25) is 0 Å². The molecule has 3 nitrogen and oxygen atoms in total. The molecule has 1 atom stereocenters. The van der Waals surface area contributed by atoms with E-state index in [-0.39, 0.29) is 17.4 Å². The van der Waals surface area contributed by atoms with E-state index in [1.807, 2.05) is 6.92 Å². The number of rotatable bonds is 4. The number of benzene rings is 1. The van der Waals surface area contributed by atoms with Gasteiger partial charge in [-0.05, 0) is 32.3 Å². The maximum Gasteiger partial charge on any atom is 0.227 e. The van der Waals surface area contributed by atoms with Crippen molar-refractivity contribution in [2.24, 2.45) is 11.1 Å². The number of carbonyl (C=O) groups is 1. The van der Waals surface area contributed by atoms with Gasteiger partial charge in [-0.2, -0.15) is 0 Å². The molecule has 3 heteroatoms. The zero-order valence-electron chi connectivity index (χ0n) is 11.2. The summed E-state index contributed by atoms with van der Waals surface area (Å²) in [5.74, 6) is 0.115. The molecule has 1 fully saturated rings. The van der Waals surface area contributed by atoms with E-state index in [9.17, 15) is 4.79 Å². The van der Waals surface area contributed by atoms with Crippen LogP contribution in [-0.2, 0) is 4.79 Å². The molecule has 3 N–H and O–H groups in total. The Hall–Kier alpha value is -1.35. The Morgan fingerprint density at radius 1 is 1.39 bits per heavy atom. The Balaban J connectivity index is 2.01. The van der Waals surface area contributed by atoms with Gasteiger partial charge in [-0.3, -0.25) is 4.79 Å². The van der Waals surface area contributed by atoms with Crippen molar-refractivity contribution in [3.8, 4) is 0 Å². The molecule has 0 aliphatic heterocycles. The minimum absolute atomic E-state index is 0.0436. The normalized spacial score (nSPS) is 18.8. The van der Waals surface area contributed by atoms with Gasteiger partial charge in [-0.1, -0.05) is 36.2 Å². The van der Waals surface area contributed by atoms with Gasteiger partial charge in [-0.25, -0.2) is 0 Å². The van der Waals surface area contributed by atoms with Gasteiger partial charge in [0.1, 0.15) is 0 Å². The van der Waals surface area contributed by atoms with E-state index in [0.717, 1.165) is 24.8 Å². The first-order chi connectivity index (χ1) is 8.57. The molecule has 0 spiro atoms. The SMILES string of the molecule is Cc1ccc([C@H](C)NC(=O)C2(CN)CCC2)cc1. The quantitative estimate of drug-likeness (QED) is 0.856. The van der Waals surface area contributed by atoms with Gasteiger partial charge in [-0.15, -0.1) is 0 Å². The van der Waals surface area contributed by atoms with Crippen LogP contribution in [0.5, 0.6) is 0 Å². The van der Waals surface area contributed by atoms with Gasteiger partial charge in [0.05, 0.1) is 11.5 Å². The molecule has 98 valence electrons. The summed E-state index contributed by atoms with van der Waals surface area (Å²) < 4.78 is 0. The van der Waals surface area contributed by atoms with Crippen molar-refractivity contribution in [1.82, 2.24) is 5.32 Å². The Bertz CT molecular complexity index is 415. The standard InChI is InChI=1S/C15H22N2O/c1-11-4-6-13(7-5-11)12(2)17-14(18)15(10-16)8-3-9-15/h4-7,12H,3,8-10,16H2,1-2H3,(H,17,18)/t12-/m0/s1. The molecular weight excluding hydrogens is 224 g/mol. The highest BCUT2D eigenvalue weighted by Crippen LogP contribution is 2.40. The first kappa shape index (κ1) is 13.1. The first-order valence-electron chi connectivity index (χ1n) is 6.65. The van der Waals surface area contributed by atoms with Crippen molar-refractivity contribution in [1.29, 1.82) is 0 Å². The molecule has 2 rings (SSSR count). The number of hydrogen-bond acceptors (Lipinski definition) is 2. The average Bonchev–Trinajstić information content (AvgIpc) is 2.29. The maximum atomic E-state index is 12.2. The third-order valence-corrected chi connectivity index (χ3v) is 4.11. The molecule has 1 aliphatic carbocycles. The molecule has 18 heavy (non-hydrogen) atoms. The van der Waals surface area contributed by atoms with Crippen molar-refractivity contribution in [3.05, 3.63) is 35.4 Å². The second-order valence-corrected chi connectivity index (χ2v) is 5.44. The zero-order chi connectivity index (χ0) is 13.2. The summed E-state index contributed by atoms with van der Waals surface area (Å²) in [6.07, 6.45) is 2.97. The van der Waals surface area contributed by atoms with Crippen molar-refractivity contribution < 1.29 is 4.79 Å². The highest BCUT2D eigenvalue weighted by Gasteiger charge is 2.43. The van der Waals surface area contributed by atoms with E-state index in [1.165, 1.54) is 5.56 Å². The van der Waals surface area contributed by atoms with Gasteiger partial charge >= 0.3 is 0 Å². The largest absolute Gasteiger partial charge is 0.349 e. The second-order valence-electron chi connectivity index (χ2n) is 5.44. The van der Waals surface area contributed by atoms with Crippen molar-refractivity contribution in [2.45, 2.75) is 39.2 Å². The van der Waals surface area contributed by atoms with E-state index >= 15 is 0 Å². The fourth-order valence-corrected chi connectivity index (χ4v) is 2.42. The lowest BCUT2D eigenvalue weighted by Gasteiger charge is -2.39. The topological polar surface area (TPSA) is 55.1 Å². The number of nitrogens with one attached hydrogen (secondary N) is 1. The maximum absolute atomic E-state index is 12.2. The van der Waals surface area contributed by atoms with Crippen LogP contribution in [0.4, 0.5) is 0 Å².